The summed E-state index contributed by atoms with van der Waals surface area (Å²) in [5, 5.41) is 0.424. The van der Waals surface area contributed by atoms with Crippen molar-refractivity contribution in [3.05, 3.63) is 34.9 Å². The van der Waals surface area contributed by atoms with Gasteiger partial charge in [0.2, 0.25) is 0 Å². The molecule has 3 heteroatoms. The number of hydrogen-bond acceptors (Lipinski definition) is 2. The molecule has 0 spiro atoms. The first-order valence-electron chi connectivity index (χ1n) is 3.99. The van der Waals surface area contributed by atoms with Crippen LogP contribution >= 0.6 is 11.6 Å². The van der Waals surface area contributed by atoms with Gasteiger partial charge in [0.15, 0.2) is 0 Å². The first kappa shape index (κ1) is 10.1. The van der Waals surface area contributed by atoms with Gasteiger partial charge < -0.3 is 4.74 Å². The van der Waals surface area contributed by atoms with E-state index in [2.05, 4.69) is 4.74 Å². The predicted octanol–water partition coefficient (Wildman–Crippen LogP) is 2.41. The molecule has 1 rings (SSSR count). The fourth-order valence-electron chi connectivity index (χ4n) is 1.08. The molecule has 0 N–H and O–H groups in total. The van der Waals surface area contributed by atoms with Crippen molar-refractivity contribution < 1.29 is 9.53 Å². The second-order valence-corrected chi connectivity index (χ2v) is 3.24. The maximum absolute atomic E-state index is 11.2. The maximum Gasteiger partial charge on any atom is 0.339 e. The van der Waals surface area contributed by atoms with E-state index in [0.29, 0.717) is 10.6 Å². The molecule has 0 amide bonds. The molecule has 0 aromatic carbocycles. The maximum atomic E-state index is 11.2. The molecule has 0 fully saturated rings. The minimum Gasteiger partial charge on any atom is -0.465 e. The van der Waals surface area contributed by atoms with Crippen molar-refractivity contribution in [2.45, 2.75) is 6.92 Å². The Morgan fingerprint density at radius 1 is 1.62 bits per heavy atom. The van der Waals surface area contributed by atoms with Crippen molar-refractivity contribution in [3.63, 3.8) is 0 Å². The van der Waals surface area contributed by atoms with E-state index in [0.717, 1.165) is 0 Å². The molecule has 0 heterocycles. The molecule has 13 heavy (non-hydrogen) atoms. The molecule has 70 valence electrons. The van der Waals surface area contributed by atoms with Crippen molar-refractivity contribution in [2.75, 3.05) is 7.11 Å². The average molecular weight is 199 g/mol. The van der Waals surface area contributed by atoms with Gasteiger partial charge in [-0.3, -0.25) is 0 Å². The van der Waals surface area contributed by atoms with Crippen molar-refractivity contribution in [3.8, 4) is 0 Å². The standard InChI is InChI=1S/C10H11ClO2/c1-7-4-3-5-9(11)8(6-7)10(12)13-2/h3-7H,1-2H3. The molecule has 1 unspecified atom stereocenters. The number of carbonyl (C=O) groups excluding carboxylic acids is 1. The summed E-state index contributed by atoms with van der Waals surface area (Å²) >= 11 is 5.87. The Morgan fingerprint density at radius 2 is 2.31 bits per heavy atom. The summed E-state index contributed by atoms with van der Waals surface area (Å²) in [5.74, 6) is -0.196. The van der Waals surface area contributed by atoms with Gasteiger partial charge in [0.05, 0.1) is 17.7 Å². The van der Waals surface area contributed by atoms with Crippen LogP contribution < -0.4 is 0 Å². The van der Waals surface area contributed by atoms with E-state index in [1.807, 2.05) is 19.1 Å². The molecule has 0 bridgehead atoms. The molecule has 0 saturated heterocycles. The van der Waals surface area contributed by atoms with Gasteiger partial charge >= 0.3 is 5.97 Å². The van der Waals surface area contributed by atoms with E-state index in [1.54, 1.807) is 12.2 Å². The van der Waals surface area contributed by atoms with Gasteiger partial charge in [-0.15, -0.1) is 0 Å². The van der Waals surface area contributed by atoms with E-state index in [9.17, 15) is 4.79 Å². The third-order valence-electron chi connectivity index (χ3n) is 1.75. The lowest BCUT2D eigenvalue weighted by Gasteiger charge is -2.03. The number of methoxy groups -OCH3 is 1. The van der Waals surface area contributed by atoms with Crippen molar-refractivity contribution >= 4 is 17.6 Å². The Balaban J connectivity index is 2.99. The first-order chi connectivity index (χ1) is 6.15. The summed E-state index contributed by atoms with van der Waals surface area (Å²) in [6.45, 7) is 1.97. The summed E-state index contributed by atoms with van der Waals surface area (Å²) < 4.78 is 4.60. The lowest BCUT2D eigenvalue weighted by Crippen LogP contribution is -2.05. The van der Waals surface area contributed by atoms with Crippen LogP contribution in [0.1, 0.15) is 6.92 Å². The van der Waals surface area contributed by atoms with Crippen LogP contribution in [0.25, 0.3) is 0 Å². The van der Waals surface area contributed by atoms with E-state index in [1.165, 1.54) is 7.11 Å². The Kier molecular flexibility index (Phi) is 3.32. The number of carbonyl (C=O) groups is 1. The second kappa shape index (κ2) is 4.28. The van der Waals surface area contributed by atoms with Gasteiger partial charge in [0, 0.05) is 0 Å². The van der Waals surface area contributed by atoms with Gasteiger partial charge in [0.25, 0.3) is 0 Å². The summed E-state index contributed by atoms with van der Waals surface area (Å²) in [4.78, 5) is 11.2. The highest BCUT2D eigenvalue weighted by Crippen LogP contribution is 2.21. The largest absolute Gasteiger partial charge is 0.465 e. The third kappa shape index (κ3) is 2.46. The topological polar surface area (TPSA) is 26.3 Å². The number of ether oxygens (including phenoxy) is 1. The Hall–Kier alpha value is -1.02. The lowest BCUT2D eigenvalue weighted by atomic mass is 10.1. The highest BCUT2D eigenvalue weighted by molar-refractivity contribution is 6.35. The summed E-state index contributed by atoms with van der Waals surface area (Å²) in [5.41, 5.74) is 0.432. The lowest BCUT2D eigenvalue weighted by molar-refractivity contribution is -0.135. The first-order valence-corrected chi connectivity index (χ1v) is 4.37. The van der Waals surface area contributed by atoms with Crippen LogP contribution in [0.2, 0.25) is 0 Å². The fraction of sp³-hybridized carbons (Fsp3) is 0.300. The zero-order chi connectivity index (χ0) is 9.84. The monoisotopic (exact) mass is 198 g/mol. The van der Waals surface area contributed by atoms with Crippen LogP contribution in [-0.2, 0) is 9.53 Å². The molecule has 0 saturated carbocycles. The van der Waals surface area contributed by atoms with Gasteiger partial charge in [0.1, 0.15) is 0 Å². The van der Waals surface area contributed by atoms with Crippen LogP contribution in [0.4, 0.5) is 0 Å². The van der Waals surface area contributed by atoms with Crippen LogP contribution in [0.3, 0.4) is 0 Å². The molecule has 2 nitrogen and oxygen atoms in total. The highest BCUT2D eigenvalue weighted by atomic mass is 35.5. The molecular formula is C10H11ClO2. The molecule has 1 atom stereocenters. The van der Waals surface area contributed by atoms with E-state index < -0.39 is 5.97 Å². The minimum atomic E-state index is -0.392. The van der Waals surface area contributed by atoms with Crippen molar-refractivity contribution in [1.29, 1.82) is 0 Å². The summed E-state index contributed by atoms with van der Waals surface area (Å²) in [7, 11) is 1.34. The highest BCUT2D eigenvalue weighted by Gasteiger charge is 2.15. The van der Waals surface area contributed by atoms with Crippen LogP contribution in [0.5, 0.6) is 0 Å². The Bertz CT molecular complexity index is 300. The number of hydrogen-bond donors (Lipinski definition) is 0. The average Bonchev–Trinajstić information content (AvgIpc) is 2.27. The van der Waals surface area contributed by atoms with E-state index in [4.69, 9.17) is 11.6 Å². The number of rotatable bonds is 1. The third-order valence-corrected chi connectivity index (χ3v) is 2.08. The molecule has 0 aromatic heterocycles. The molecule has 0 radical (unpaired) electrons. The van der Waals surface area contributed by atoms with Crippen LogP contribution in [-0.4, -0.2) is 13.1 Å². The number of esters is 1. The number of allylic oxidation sites excluding steroid dienone is 4. The normalized spacial score (nSPS) is 21.6. The fourth-order valence-corrected chi connectivity index (χ4v) is 1.29. The summed E-state index contributed by atoms with van der Waals surface area (Å²) in [6.07, 6.45) is 7.26. The van der Waals surface area contributed by atoms with Gasteiger partial charge in [-0.25, -0.2) is 4.79 Å². The smallest absolute Gasteiger partial charge is 0.339 e. The predicted molar refractivity (Wildman–Crippen MR) is 52.3 cm³/mol. The minimum absolute atomic E-state index is 0.196. The zero-order valence-corrected chi connectivity index (χ0v) is 8.34. The molecule has 0 aliphatic heterocycles. The van der Waals surface area contributed by atoms with Crippen LogP contribution in [0, 0.1) is 5.92 Å². The SMILES string of the molecule is COC(=O)C1=CC(C)C=CC=C1Cl. The molecular weight excluding hydrogens is 188 g/mol. The number of halogens is 1. The quantitative estimate of drug-likeness (QED) is 0.605. The van der Waals surface area contributed by atoms with E-state index in [-0.39, 0.29) is 5.92 Å². The van der Waals surface area contributed by atoms with E-state index >= 15 is 0 Å². The molecule has 1 aliphatic rings. The zero-order valence-electron chi connectivity index (χ0n) is 7.58. The summed E-state index contributed by atoms with van der Waals surface area (Å²) in [6, 6.07) is 0. The Labute approximate surface area is 82.5 Å². The molecule has 0 aromatic rings. The second-order valence-electron chi connectivity index (χ2n) is 2.83. The van der Waals surface area contributed by atoms with Crippen molar-refractivity contribution in [1.82, 2.24) is 0 Å². The van der Waals surface area contributed by atoms with Crippen LogP contribution in [0.15, 0.2) is 34.9 Å². The Morgan fingerprint density at radius 3 is 2.92 bits per heavy atom. The van der Waals surface area contributed by atoms with Crippen molar-refractivity contribution in [2.24, 2.45) is 5.92 Å². The molecule has 1 aliphatic carbocycles. The van der Waals surface area contributed by atoms with Gasteiger partial charge in [-0.05, 0) is 12.0 Å². The van der Waals surface area contributed by atoms with Gasteiger partial charge in [-0.1, -0.05) is 36.8 Å². The van der Waals surface area contributed by atoms with Gasteiger partial charge in [-0.2, -0.15) is 0 Å².